The molecular formula is C11H11ClN4. The van der Waals surface area contributed by atoms with E-state index < -0.39 is 0 Å². The van der Waals surface area contributed by atoms with Gasteiger partial charge in [-0.3, -0.25) is 0 Å². The first-order valence-corrected chi connectivity index (χ1v) is 5.36. The van der Waals surface area contributed by atoms with Crippen LogP contribution in [0.5, 0.6) is 0 Å². The lowest BCUT2D eigenvalue weighted by Crippen LogP contribution is -2.19. The standard InChI is InChI=1S/C11H11ClN4/c12-10-2-1-9(7-15-10)8-16-6-5-14-11(16)3-4-13/h1-3,7,14H,5-6,8H2. The minimum Gasteiger partial charge on any atom is -0.369 e. The molecule has 5 heteroatoms. The number of pyridine rings is 1. The molecule has 82 valence electrons. The fourth-order valence-electron chi connectivity index (χ4n) is 1.64. The van der Waals surface area contributed by atoms with Crippen LogP contribution in [0.1, 0.15) is 5.56 Å². The SMILES string of the molecule is N#CC=C1NCCN1Cc1ccc(Cl)nc1. The third kappa shape index (κ3) is 2.44. The van der Waals surface area contributed by atoms with E-state index in [-0.39, 0.29) is 0 Å². The van der Waals surface area contributed by atoms with Gasteiger partial charge in [0.1, 0.15) is 11.0 Å². The first kappa shape index (κ1) is 10.8. The van der Waals surface area contributed by atoms with Crippen LogP contribution in [-0.2, 0) is 6.54 Å². The number of nitriles is 1. The molecular weight excluding hydrogens is 224 g/mol. The summed E-state index contributed by atoms with van der Waals surface area (Å²) in [6.07, 6.45) is 3.28. The fourth-order valence-corrected chi connectivity index (χ4v) is 1.75. The van der Waals surface area contributed by atoms with E-state index in [0.717, 1.165) is 31.0 Å². The molecule has 1 fully saturated rings. The Labute approximate surface area is 99.2 Å². The van der Waals surface area contributed by atoms with Gasteiger partial charge in [0.15, 0.2) is 0 Å². The number of rotatable bonds is 2. The average molecular weight is 235 g/mol. The van der Waals surface area contributed by atoms with Crippen molar-refractivity contribution >= 4 is 11.6 Å². The second kappa shape index (κ2) is 4.86. The van der Waals surface area contributed by atoms with E-state index in [4.69, 9.17) is 16.9 Å². The molecule has 0 bridgehead atoms. The fraction of sp³-hybridized carbons (Fsp3) is 0.273. The quantitative estimate of drug-likeness (QED) is 0.623. The van der Waals surface area contributed by atoms with Crippen molar-refractivity contribution in [2.45, 2.75) is 6.54 Å². The summed E-state index contributed by atoms with van der Waals surface area (Å²) >= 11 is 5.72. The van der Waals surface area contributed by atoms with Crippen molar-refractivity contribution in [3.63, 3.8) is 0 Å². The molecule has 16 heavy (non-hydrogen) atoms. The maximum absolute atomic E-state index is 8.62. The molecule has 2 heterocycles. The van der Waals surface area contributed by atoms with Crippen molar-refractivity contribution in [1.82, 2.24) is 15.2 Å². The van der Waals surface area contributed by atoms with Gasteiger partial charge in [0, 0.05) is 25.8 Å². The molecule has 4 nitrogen and oxygen atoms in total. The molecule has 1 aromatic rings. The molecule has 0 atom stereocenters. The second-order valence-electron chi connectivity index (χ2n) is 3.50. The summed E-state index contributed by atoms with van der Waals surface area (Å²) in [4.78, 5) is 6.13. The van der Waals surface area contributed by atoms with E-state index in [2.05, 4.69) is 15.2 Å². The molecule has 0 aliphatic carbocycles. The molecule has 0 aromatic carbocycles. The lowest BCUT2D eigenvalue weighted by molar-refractivity contribution is 0.388. The Hall–Kier alpha value is -1.73. The van der Waals surface area contributed by atoms with Crippen LogP contribution >= 0.6 is 11.6 Å². The minimum atomic E-state index is 0.496. The number of halogens is 1. The Morgan fingerprint density at radius 3 is 3.19 bits per heavy atom. The van der Waals surface area contributed by atoms with Crippen LogP contribution in [0.2, 0.25) is 5.15 Å². The highest BCUT2D eigenvalue weighted by atomic mass is 35.5. The summed E-state index contributed by atoms with van der Waals surface area (Å²) in [5, 5.41) is 12.3. The van der Waals surface area contributed by atoms with Crippen LogP contribution in [-0.4, -0.2) is 23.0 Å². The summed E-state index contributed by atoms with van der Waals surface area (Å²) in [6, 6.07) is 5.75. The summed E-state index contributed by atoms with van der Waals surface area (Å²) in [6.45, 7) is 2.51. The van der Waals surface area contributed by atoms with Crippen LogP contribution < -0.4 is 5.32 Å². The van der Waals surface area contributed by atoms with Gasteiger partial charge in [-0.1, -0.05) is 17.7 Å². The van der Waals surface area contributed by atoms with Gasteiger partial charge in [-0.2, -0.15) is 5.26 Å². The summed E-state index contributed by atoms with van der Waals surface area (Å²) in [5.41, 5.74) is 1.08. The highest BCUT2D eigenvalue weighted by Gasteiger charge is 2.15. The van der Waals surface area contributed by atoms with Crippen LogP contribution in [0.15, 0.2) is 30.2 Å². The number of allylic oxidation sites excluding steroid dienone is 1. The number of hydrogen-bond acceptors (Lipinski definition) is 4. The lowest BCUT2D eigenvalue weighted by Gasteiger charge is -2.17. The van der Waals surface area contributed by atoms with E-state index in [0.29, 0.717) is 5.15 Å². The molecule has 0 unspecified atom stereocenters. The van der Waals surface area contributed by atoms with Crippen molar-refractivity contribution in [2.24, 2.45) is 0 Å². The minimum absolute atomic E-state index is 0.496. The van der Waals surface area contributed by atoms with Crippen molar-refractivity contribution in [3.8, 4) is 6.07 Å². The van der Waals surface area contributed by atoms with E-state index in [1.54, 1.807) is 12.3 Å². The third-order valence-corrected chi connectivity index (χ3v) is 2.62. The van der Waals surface area contributed by atoms with Crippen LogP contribution in [0, 0.1) is 11.3 Å². The van der Waals surface area contributed by atoms with Crippen molar-refractivity contribution < 1.29 is 0 Å². The molecule has 0 amide bonds. The molecule has 1 aliphatic heterocycles. The molecule has 1 saturated heterocycles. The number of nitrogens with zero attached hydrogens (tertiary/aromatic N) is 3. The van der Waals surface area contributed by atoms with Gasteiger partial charge >= 0.3 is 0 Å². The van der Waals surface area contributed by atoms with Crippen LogP contribution in [0.25, 0.3) is 0 Å². The Bertz CT molecular complexity index is 432. The topological polar surface area (TPSA) is 52.0 Å². The highest BCUT2D eigenvalue weighted by molar-refractivity contribution is 6.29. The van der Waals surface area contributed by atoms with E-state index in [9.17, 15) is 0 Å². The summed E-state index contributed by atoms with van der Waals surface area (Å²) in [5.74, 6) is 0.873. The molecule has 0 spiro atoms. The zero-order chi connectivity index (χ0) is 11.4. The van der Waals surface area contributed by atoms with E-state index >= 15 is 0 Å². The van der Waals surface area contributed by atoms with Gasteiger partial charge < -0.3 is 10.2 Å². The van der Waals surface area contributed by atoms with Gasteiger partial charge in [0.2, 0.25) is 0 Å². The molecule has 0 saturated carbocycles. The van der Waals surface area contributed by atoms with Crippen LogP contribution in [0.3, 0.4) is 0 Å². The third-order valence-electron chi connectivity index (χ3n) is 2.39. The summed E-state index contributed by atoms with van der Waals surface area (Å²) < 4.78 is 0. The monoisotopic (exact) mass is 234 g/mol. The largest absolute Gasteiger partial charge is 0.369 e. The van der Waals surface area contributed by atoms with Gasteiger partial charge in [-0.15, -0.1) is 0 Å². The Kier molecular flexibility index (Phi) is 3.28. The molecule has 1 aromatic heterocycles. The first-order valence-electron chi connectivity index (χ1n) is 4.98. The van der Waals surface area contributed by atoms with Gasteiger partial charge in [-0.25, -0.2) is 4.98 Å². The maximum atomic E-state index is 8.62. The zero-order valence-corrected chi connectivity index (χ0v) is 9.41. The predicted molar refractivity (Wildman–Crippen MR) is 61.4 cm³/mol. The van der Waals surface area contributed by atoms with E-state index in [1.165, 1.54) is 6.08 Å². The highest BCUT2D eigenvalue weighted by Crippen LogP contribution is 2.13. The van der Waals surface area contributed by atoms with Gasteiger partial charge in [0.05, 0.1) is 12.1 Å². The normalized spacial score (nSPS) is 17.2. The zero-order valence-electron chi connectivity index (χ0n) is 8.65. The number of aromatic nitrogens is 1. The second-order valence-corrected chi connectivity index (χ2v) is 3.88. The Morgan fingerprint density at radius 1 is 1.62 bits per heavy atom. The average Bonchev–Trinajstić information content (AvgIpc) is 2.70. The first-order chi connectivity index (χ1) is 7.79. The number of hydrogen-bond donors (Lipinski definition) is 1. The summed E-state index contributed by atoms with van der Waals surface area (Å²) in [7, 11) is 0. The van der Waals surface area contributed by atoms with Gasteiger partial charge in [-0.05, 0) is 11.6 Å². The molecule has 2 rings (SSSR count). The molecule has 1 aliphatic rings. The molecule has 0 radical (unpaired) electrons. The smallest absolute Gasteiger partial charge is 0.129 e. The van der Waals surface area contributed by atoms with Crippen molar-refractivity contribution in [1.29, 1.82) is 5.26 Å². The molecule has 1 N–H and O–H groups in total. The number of nitrogens with one attached hydrogen (secondary N) is 1. The predicted octanol–water partition coefficient (Wildman–Crippen LogP) is 1.51. The van der Waals surface area contributed by atoms with Crippen LogP contribution in [0.4, 0.5) is 0 Å². The Balaban J connectivity index is 2.07. The van der Waals surface area contributed by atoms with Crippen molar-refractivity contribution in [3.05, 3.63) is 40.9 Å². The lowest BCUT2D eigenvalue weighted by atomic mass is 10.2. The van der Waals surface area contributed by atoms with E-state index in [1.807, 2.05) is 12.1 Å². The Morgan fingerprint density at radius 2 is 2.50 bits per heavy atom. The maximum Gasteiger partial charge on any atom is 0.129 e. The van der Waals surface area contributed by atoms with Gasteiger partial charge in [0.25, 0.3) is 0 Å². The van der Waals surface area contributed by atoms with Crippen molar-refractivity contribution in [2.75, 3.05) is 13.1 Å².